The van der Waals surface area contributed by atoms with Crippen LogP contribution < -0.4 is 5.32 Å². The smallest absolute Gasteiger partial charge is 0.0591 e. The minimum atomic E-state index is 2.38. The van der Waals surface area contributed by atoms with Gasteiger partial charge < -0.3 is 0 Å². The summed E-state index contributed by atoms with van der Waals surface area (Å²) >= 11 is 0. The molecule has 29 valence electrons. The maximum atomic E-state index is 3.42. The normalized spacial score (nSPS) is 9.14. The van der Waals surface area contributed by atoms with Gasteiger partial charge in [-0.2, -0.15) is 0 Å². The molecule has 0 N–H and O–H groups in total. The van der Waals surface area contributed by atoms with E-state index in [1.807, 2.05) is 0 Å². The Morgan fingerprint density at radius 3 is 1.86 bits per heavy atom. The molecule has 1 heteroatoms. The highest BCUT2D eigenvalue weighted by Gasteiger charge is 1.65. The summed E-state index contributed by atoms with van der Waals surface area (Å²) in [7, 11) is 0. The molecule has 0 saturated heterocycles. The first-order valence-corrected chi connectivity index (χ1v) is 1.70. The molecular formula is C6N. The maximum absolute atomic E-state index is 3.42. The molecule has 0 aromatic heterocycles. The van der Waals surface area contributed by atoms with Crippen LogP contribution in [0.2, 0.25) is 0 Å². The second kappa shape index (κ2) is 1.81. The van der Waals surface area contributed by atoms with E-state index in [9.17, 15) is 0 Å². The number of rotatable bonds is 0. The predicted octanol–water partition coefficient (Wildman–Crippen LogP) is -0.470. The molecule has 1 aliphatic rings. The molecule has 0 aliphatic carbocycles. The third-order valence-corrected chi connectivity index (χ3v) is 0.411. The zero-order valence-corrected chi connectivity index (χ0v) is 3.45. The molecule has 0 amide bonds. The van der Waals surface area contributed by atoms with Crippen molar-refractivity contribution in [2.45, 2.75) is 0 Å². The molecule has 0 aromatic rings. The van der Waals surface area contributed by atoms with Gasteiger partial charge in [0.15, 0.2) is 0 Å². The molecule has 0 fully saturated rings. The van der Waals surface area contributed by atoms with Crippen molar-refractivity contribution in [1.29, 1.82) is 0 Å². The predicted molar refractivity (Wildman–Crippen MR) is 25.5 cm³/mol. The molecule has 0 spiro atoms. The Balaban J connectivity index is 2.86. The highest BCUT2D eigenvalue weighted by atomic mass is 14.8. The molecule has 1 radical (unpaired) electrons. The Bertz CT molecular complexity index is 207. The topological polar surface area (TPSA) is 14.1 Å². The quantitative estimate of drug-likeness (QED) is 0.354. The first-order chi connectivity index (χ1) is 3.50. The van der Waals surface area contributed by atoms with Gasteiger partial charge in [-0.15, -0.1) is 5.32 Å². The van der Waals surface area contributed by atoms with E-state index in [-0.39, 0.29) is 0 Å². The fourth-order valence-corrected chi connectivity index (χ4v) is 0.202. The lowest BCUT2D eigenvalue weighted by Gasteiger charge is -1.60. The molecule has 0 saturated carbocycles. The van der Waals surface area contributed by atoms with Crippen molar-refractivity contribution in [2.75, 3.05) is 0 Å². The molecule has 0 bridgehead atoms. The minimum absolute atomic E-state index is 2.38. The van der Waals surface area contributed by atoms with Crippen molar-refractivity contribution in [3.63, 3.8) is 0 Å². The van der Waals surface area contributed by atoms with E-state index < -0.39 is 0 Å². The monoisotopic (exact) mass is 86.0 g/mol. The van der Waals surface area contributed by atoms with E-state index in [0.29, 0.717) is 0 Å². The summed E-state index contributed by atoms with van der Waals surface area (Å²) in [6, 6.07) is 4.75. The van der Waals surface area contributed by atoms with E-state index in [2.05, 4.69) is 41.1 Å². The van der Waals surface area contributed by atoms with Gasteiger partial charge in [-0.25, -0.2) is 0 Å². The SMILES string of the molecule is C1#CC#C[N]C#C1. The van der Waals surface area contributed by atoms with Gasteiger partial charge in [-0.3, -0.25) is 0 Å². The van der Waals surface area contributed by atoms with Gasteiger partial charge in [0.2, 0.25) is 0 Å². The van der Waals surface area contributed by atoms with E-state index in [0.717, 1.165) is 0 Å². The van der Waals surface area contributed by atoms with E-state index in [4.69, 9.17) is 0 Å². The van der Waals surface area contributed by atoms with Gasteiger partial charge in [0.1, 0.15) is 0 Å². The first kappa shape index (κ1) is 3.66. The van der Waals surface area contributed by atoms with Crippen LogP contribution in [0.1, 0.15) is 0 Å². The van der Waals surface area contributed by atoms with Crippen LogP contribution in [0.4, 0.5) is 0 Å². The Hall–Kier alpha value is -1.52. The second-order valence-corrected chi connectivity index (χ2v) is 0.835. The van der Waals surface area contributed by atoms with Gasteiger partial charge >= 0.3 is 0 Å². The van der Waals surface area contributed by atoms with Crippen molar-refractivity contribution < 1.29 is 0 Å². The van der Waals surface area contributed by atoms with Crippen LogP contribution in [-0.4, -0.2) is 0 Å². The molecular weight excluding hydrogens is 86.1 g/mol. The molecule has 7 heavy (non-hydrogen) atoms. The molecule has 1 aliphatic heterocycles. The largest absolute Gasteiger partial charge is 0.144 e. The molecule has 1 nitrogen and oxygen atoms in total. The van der Waals surface area contributed by atoms with Gasteiger partial charge in [0, 0.05) is 23.7 Å². The summed E-state index contributed by atoms with van der Waals surface area (Å²) in [5.74, 6) is 9.83. The molecule has 1 heterocycles. The van der Waals surface area contributed by atoms with Crippen molar-refractivity contribution in [1.82, 2.24) is 5.32 Å². The Kier molecular flexibility index (Phi) is 0.945. The lowest BCUT2D eigenvalue weighted by molar-refractivity contribution is 1.31. The summed E-state index contributed by atoms with van der Waals surface area (Å²) in [5, 5.41) is 3.42. The summed E-state index contributed by atoms with van der Waals surface area (Å²) in [5.41, 5.74) is 0. The highest BCUT2D eigenvalue weighted by Crippen LogP contribution is 1.57. The summed E-state index contributed by atoms with van der Waals surface area (Å²) in [6.07, 6.45) is 0. The fraction of sp³-hybridized carbons (Fsp3) is 0. The van der Waals surface area contributed by atoms with Gasteiger partial charge in [-0.05, 0) is 0 Å². The van der Waals surface area contributed by atoms with Gasteiger partial charge in [-0.1, -0.05) is 0 Å². The van der Waals surface area contributed by atoms with Crippen molar-refractivity contribution in [2.24, 2.45) is 0 Å². The molecule has 0 aromatic carbocycles. The van der Waals surface area contributed by atoms with Crippen LogP contribution in [0.15, 0.2) is 0 Å². The van der Waals surface area contributed by atoms with E-state index in [1.54, 1.807) is 0 Å². The highest BCUT2D eigenvalue weighted by molar-refractivity contribution is 5.38. The third-order valence-electron chi connectivity index (χ3n) is 0.411. The Labute approximate surface area is 42.1 Å². The average Bonchev–Trinajstić information content (AvgIpc) is 1.90. The second-order valence-electron chi connectivity index (χ2n) is 0.835. The number of hydrogen-bond donors (Lipinski definition) is 0. The lowest BCUT2D eigenvalue weighted by Crippen LogP contribution is -1.78. The molecule has 0 atom stereocenters. The van der Waals surface area contributed by atoms with Gasteiger partial charge in [0.25, 0.3) is 0 Å². The number of hydrogen-bond acceptors (Lipinski definition) is 0. The fourth-order valence-electron chi connectivity index (χ4n) is 0.202. The van der Waals surface area contributed by atoms with Crippen LogP contribution in [-0.2, 0) is 0 Å². The summed E-state index contributed by atoms with van der Waals surface area (Å²) in [6.45, 7) is 0. The standard InChI is InChI=1S/C6N/c1-2-4-6-7-5-3-1. The van der Waals surface area contributed by atoms with E-state index in [1.165, 1.54) is 0 Å². The minimum Gasteiger partial charge on any atom is -0.144 e. The maximum Gasteiger partial charge on any atom is 0.0591 e. The molecule has 1 rings (SSSR count). The van der Waals surface area contributed by atoms with Crippen LogP contribution >= 0.6 is 0 Å². The first-order valence-electron chi connectivity index (χ1n) is 1.70. The average molecular weight is 86.1 g/mol. The van der Waals surface area contributed by atoms with Crippen LogP contribution in [0.25, 0.3) is 0 Å². The van der Waals surface area contributed by atoms with Crippen LogP contribution in [0.5, 0.6) is 0 Å². The van der Waals surface area contributed by atoms with Crippen molar-refractivity contribution >= 4 is 0 Å². The van der Waals surface area contributed by atoms with Crippen LogP contribution in [0.3, 0.4) is 0 Å². The lowest BCUT2D eigenvalue weighted by atomic mass is 10.6. The van der Waals surface area contributed by atoms with Crippen LogP contribution in [0, 0.1) is 35.8 Å². The Morgan fingerprint density at radius 2 is 1.29 bits per heavy atom. The molecule has 0 unspecified atom stereocenters. The van der Waals surface area contributed by atoms with Crippen molar-refractivity contribution in [3.8, 4) is 35.8 Å². The van der Waals surface area contributed by atoms with E-state index >= 15 is 0 Å². The zero-order chi connectivity index (χ0) is 4.95. The summed E-state index contributed by atoms with van der Waals surface area (Å²) in [4.78, 5) is 0. The van der Waals surface area contributed by atoms with Gasteiger partial charge in [0.05, 0.1) is 12.1 Å². The van der Waals surface area contributed by atoms with Crippen molar-refractivity contribution in [3.05, 3.63) is 0 Å². The Morgan fingerprint density at radius 1 is 0.714 bits per heavy atom. The summed E-state index contributed by atoms with van der Waals surface area (Å²) < 4.78 is 0. The zero-order valence-electron chi connectivity index (χ0n) is 3.45. The number of nitrogens with zero attached hydrogens (tertiary/aromatic N) is 1. The third kappa shape index (κ3) is 0.918.